The molecule has 2 aliphatic rings. The fourth-order valence-corrected chi connectivity index (χ4v) is 3.40. The number of amides is 2. The summed E-state index contributed by atoms with van der Waals surface area (Å²) < 4.78 is 5.53. The van der Waals surface area contributed by atoms with Crippen LogP contribution in [-0.4, -0.2) is 56.0 Å². The largest absolute Gasteiger partial charge is 0.482 e. The summed E-state index contributed by atoms with van der Waals surface area (Å²) in [5.41, 5.74) is 1.75. The molecular formula is C20H29N3O3. The van der Waals surface area contributed by atoms with Crippen molar-refractivity contribution in [3.63, 3.8) is 0 Å². The van der Waals surface area contributed by atoms with Crippen LogP contribution in [0.2, 0.25) is 0 Å². The van der Waals surface area contributed by atoms with Gasteiger partial charge in [-0.25, -0.2) is 0 Å². The summed E-state index contributed by atoms with van der Waals surface area (Å²) >= 11 is 0. The predicted octanol–water partition coefficient (Wildman–Crippen LogP) is 1.92. The third kappa shape index (κ3) is 4.36. The summed E-state index contributed by atoms with van der Waals surface area (Å²) in [6.45, 7) is 10.1. The molecule has 0 saturated carbocycles. The second kappa shape index (κ2) is 7.66. The van der Waals surface area contributed by atoms with Gasteiger partial charge in [-0.15, -0.1) is 0 Å². The molecule has 0 aromatic heterocycles. The minimum absolute atomic E-state index is 0.0249. The Balaban J connectivity index is 1.65. The zero-order valence-corrected chi connectivity index (χ0v) is 16.0. The molecule has 2 aliphatic heterocycles. The standard InChI is InChI=1S/C20H29N3O3/c1-20(2,3)15-6-7-17-16(12-15)23(19(25)14-26-17)13-18(24)21-8-11-22-9-4-5-10-22/h6-7,12H,4-5,8-11,13-14H2,1-3H3,(H,21,24). The van der Waals surface area contributed by atoms with Crippen LogP contribution in [0.5, 0.6) is 5.75 Å². The Kier molecular flexibility index (Phi) is 5.51. The van der Waals surface area contributed by atoms with Crippen LogP contribution in [0.3, 0.4) is 0 Å². The van der Waals surface area contributed by atoms with Crippen molar-refractivity contribution < 1.29 is 14.3 Å². The van der Waals surface area contributed by atoms with Crippen molar-refractivity contribution in [1.82, 2.24) is 10.2 Å². The van der Waals surface area contributed by atoms with E-state index in [-0.39, 0.29) is 30.4 Å². The van der Waals surface area contributed by atoms with Gasteiger partial charge in [-0.1, -0.05) is 26.8 Å². The first kappa shape index (κ1) is 18.7. The number of likely N-dealkylation sites (tertiary alicyclic amines) is 1. The molecule has 6 heteroatoms. The highest BCUT2D eigenvalue weighted by molar-refractivity contribution is 6.02. The molecule has 1 N–H and O–H groups in total. The van der Waals surface area contributed by atoms with Crippen LogP contribution in [0.4, 0.5) is 5.69 Å². The van der Waals surface area contributed by atoms with E-state index in [1.165, 1.54) is 12.8 Å². The normalized spacial score (nSPS) is 17.8. The van der Waals surface area contributed by atoms with Crippen LogP contribution in [0.25, 0.3) is 0 Å². The van der Waals surface area contributed by atoms with Gasteiger partial charge >= 0.3 is 0 Å². The maximum absolute atomic E-state index is 12.4. The Hall–Kier alpha value is -2.08. The third-order valence-corrected chi connectivity index (χ3v) is 5.02. The highest BCUT2D eigenvalue weighted by Gasteiger charge is 2.29. The fourth-order valence-electron chi connectivity index (χ4n) is 3.40. The molecule has 142 valence electrons. The summed E-state index contributed by atoms with van der Waals surface area (Å²) in [6.07, 6.45) is 2.48. The van der Waals surface area contributed by atoms with Gasteiger partial charge in [-0.05, 0) is 49.0 Å². The van der Waals surface area contributed by atoms with Crippen LogP contribution in [-0.2, 0) is 15.0 Å². The van der Waals surface area contributed by atoms with Crippen molar-refractivity contribution in [2.75, 3.05) is 44.2 Å². The molecule has 1 aromatic rings. The molecular weight excluding hydrogens is 330 g/mol. The third-order valence-electron chi connectivity index (χ3n) is 5.02. The first-order valence-corrected chi connectivity index (χ1v) is 9.41. The SMILES string of the molecule is CC(C)(C)c1ccc2c(c1)N(CC(=O)NCCN1CCCC1)C(=O)CO2. The van der Waals surface area contributed by atoms with Crippen LogP contribution in [0.1, 0.15) is 39.2 Å². The van der Waals surface area contributed by atoms with Crippen molar-refractivity contribution in [2.45, 2.75) is 39.0 Å². The number of fused-ring (bicyclic) bond motifs is 1. The second-order valence-corrected chi connectivity index (χ2v) is 8.10. The zero-order valence-electron chi connectivity index (χ0n) is 16.0. The Morgan fingerprint density at radius 2 is 1.96 bits per heavy atom. The van der Waals surface area contributed by atoms with E-state index in [9.17, 15) is 9.59 Å². The Bertz CT molecular complexity index is 675. The van der Waals surface area contributed by atoms with E-state index in [0.29, 0.717) is 18.0 Å². The van der Waals surface area contributed by atoms with Crippen LogP contribution < -0.4 is 15.0 Å². The first-order valence-electron chi connectivity index (χ1n) is 9.41. The van der Waals surface area contributed by atoms with Crippen LogP contribution >= 0.6 is 0 Å². The lowest BCUT2D eigenvalue weighted by Crippen LogP contribution is -2.46. The molecule has 0 unspecified atom stereocenters. The summed E-state index contributed by atoms with van der Waals surface area (Å²) in [6, 6.07) is 5.87. The van der Waals surface area contributed by atoms with E-state index in [1.807, 2.05) is 18.2 Å². The van der Waals surface area contributed by atoms with Gasteiger partial charge in [0, 0.05) is 13.1 Å². The molecule has 2 amide bonds. The van der Waals surface area contributed by atoms with Crippen molar-refractivity contribution in [3.05, 3.63) is 23.8 Å². The number of carbonyl (C=O) groups is 2. The zero-order chi connectivity index (χ0) is 18.7. The topological polar surface area (TPSA) is 61.9 Å². The van der Waals surface area contributed by atoms with Gasteiger partial charge in [0.25, 0.3) is 5.91 Å². The molecule has 0 radical (unpaired) electrons. The Morgan fingerprint density at radius 1 is 1.23 bits per heavy atom. The maximum atomic E-state index is 12.4. The molecule has 0 bridgehead atoms. The van der Waals surface area contributed by atoms with E-state index in [0.717, 1.165) is 25.2 Å². The molecule has 3 rings (SSSR count). The average molecular weight is 359 g/mol. The molecule has 0 atom stereocenters. The average Bonchev–Trinajstić information content (AvgIpc) is 3.09. The van der Waals surface area contributed by atoms with Gasteiger partial charge in [0.1, 0.15) is 12.3 Å². The minimum atomic E-state index is -0.182. The van der Waals surface area contributed by atoms with E-state index in [1.54, 1.807) is 4.90 Å². The quantitative estimate of drug-likeness (QED) is 0.873. The van der Waals surface area contributed by atoms with E-state index in [4.69, 9.17) is 4.74 Å². The number of carbonyl (C=O) groups excluding carboxylic acids is 2. The summed E-state index contributed by atoms with van der Waals surface area (Å²) in [4.78, 5) is 28.6. The molecule has 0 spiro atoms. The minimum Gasteiger partial charge on any atom is -0.482 e. The van der Waals surface area contributed by atoms with E-state index >= 15 is 0 Å². The van der Waals surface area contributed by atoms with E-state index < -0.39 is 0 Å². The molecule has 0 aliphatic carbocycles. The van der Waals surface area contributed by atoms with Crippen molar-refractivity contribution in [1.29, 1.82) is 0 Å². The molecule has 1 fully saturated rings. The predicted molar refractivity (Wildman–Crippen MR) is 102 cm³/mol. The smallest absolute Gasteiger partial charge is 0.265 e. The highest BCUT2D eigenvalue weighted by Crippen LogP contribution is 2.36. The van der Waals surface area contributed by atoms with Crippen LogP contribution in [0.15, 0.2) is 18.2 Å². The molecule has 2 heterocycles. The number of hydrogen-bond acceptors (Lipinski definition) is 4. The number of hydrogen-bond donors (Lipinski definition) is 1. The van der Waals surface area contributed by atoms with Crippen molar-refractivity contribution in [3.8, 4) is 5.75 Å². The summed E-state index contributed by atoms with van der Waals surface area (Å²) in [7, 11) is 0. The Labute approximate surface area is 155 Å². The molecule has 1 saturated heterocycles. The van der Waals surface area contributed by atoms with Gasteiger partial charge in [-0.3, -0.25) is 14.5 Å². The Morgan fingerprint density at radius 3 is 2.65 bits per heavy atom. The van der Waals surface area contributed by atoms with Crippen molar-refractivity contribution in [2.24, 2.45) is 0 Å². The lowest BCUT2D eigenvalue weighted by molar-refractivity contribution is -0.125. The second-order valence-electron chi connectivity index (χ2n) is 8.10. The van der Waals surface area contributed by atoms with Crippen molar-refractivity contribution >= 4 is 17.5 Å². The first-order chi connectivity index (χ1) is 12.3. The van der Waals surface area contributed by atoms with Gasteiger partial charge in [0.2, 0.25) is 5.91 Å². The number of nitrogens with one attached hydrogen (secondary N) is 1. The maximum Gasteiger partial charge on any atom is 0.265 e. The monoisotopic (exact) mass is 359 g/mol. The van der Waals surface area contributed by atoms with E-state index in [2.05, 4.69) is 31.0 Å². The fraction of sp³-hybridized carbons (Fsp3) is 0.600. The molecule has 26 heavy (non-hydrogen) atoms. The summed E-state index contributed by atoms with van der Waals surface area (Å²) in [5, 5.41) is 2.94. The molecule has 1 aromatic carbocycles. The number of anilines is 1. The lowest BCUT2D eigenvalue weighted by Gasteiger charge is -2.31. The number of nitrogens with zero attached hydrogens (tertiary/aromatic N) is 2. The van der Waals surface area contributed by atoms with Gasteiger partial charge < -0.3 is 15.0 Å². The van der Waals surface area contributed by atoms with Gasteiger partial charge in [-0.2, -0.15) is 0 Å². The number of ether oxygens (including phenoxy) is 1. The van der Waals surface area contributed by atoms with Gasteiger partial charge in [0.05, 0.1) is 5.69 Å². The number of benzene rings is 1. The lowest BCUT2D eigenvalue weighted by atomic mass is 9.86. The highest BCUT2D eigenvalue weighted by atomic mass is 16.5. The summed E-state index contributed by atoms with van der Waals surface area (Å²) in [5.74, 6) is 0.340. The van der Waals surface area contributed by atoms with Crippen LogP contribution in [0, 0.1) is 0 Å². The number of rotatable bonds is 5. The molecule has 6 nitrogen and oxygen atoms in total. The van der Waals surface area contributed by atoms with Gasteiger partial charge in [0.15, 0.2) is 6.61 Å².